The van der Waals surface area contributed by atoms with Crippen molar-refractivity contribution in [2.75, 3.05) is 13.2 Å². The summed E-state index contributed by atoms with van der Waals surface area (Å²) in [4.78, 5) is 0. The fourth-order valence-electron chi connectivity index (χ4n) is 4.77. The molecule has 34 heavy (non-hydrogen) atoms. The number of hydrogen-bond acceptors (Lipinski definition) is 2. The Morgan fingerprint density at radius 2 is 1.26 bits per heavy atom. The summed E-state index contributed by atoms with van der Waals surface area (Å²) in [6, 6.07) is 34.0. The average molecular weight is 457 g/mol. The van der Waals surface area contributed by atoms with Gasteiger partial charge in [0, 0.05) is 17.5 Å². The van der Waals surface area contributed by atoms with E-state index >= 15 is 0 Å². The van der Waals surface area contributed by atoms with Crippen LogP contribution in [0.4, 0.5) is 8.78 Å². The first-order valence-corrected chi connectivity index (χ1v) is 11.5. The van der Waals surface area contributed by atoms with Crippen molar-refractivity contribution in [1.29, 1.82) is 0 Å². The molecule has 4 aromatic carbocycles. The average Bonchev–Trinajstić information content (AvgIpc) is 3.68. The first-order valence-electron chi connectivity index (χ1n) is 11.5. The van der Waals surface area contributed by atoms with Gasteiger partial charge in [0.2, 0.25) is 0 Å². The molecule has 1 aliphatic rings. The van der Waals surface area contributed by atoms with E-state index in [0.717, 1.165) is 22.8 Å². The molecule has 4 heteroatoms. The SMILES string of the molecule is C[C@@H](COC(c1ccccc1)(c1ccccc1)c1ccccc1)C1(c2ccc(F)cc2F)CO1. The number of epoxide rings is 1. The van der Waals surface area contributed by atoms with Crippen molar-refractivity contribution in [3.05, 3.63) is 143 Å². The van der Waals surface area contributed by atoms with E-state index in [9.17, 15) is 8.78 Å². The highest BCUT2D eigenvalue weighted by Crippen LogP contribution is 2.48. The number of hydrogen-bond donors (Lipinski definition) is 0. The van der Waals surface area contributed by atoms with Gasteiger partial charge in [-0.15, -0.1) is 0 Å². The van der Waals surface area contributed by atoms with E-state index in [2.05, 4.69) is 36.4 Å². The molecule has 0 spiro atoms. The highest BCUT2D eigenvalue weighted by Gasteiger charge is 2.53. The maximum absolute atomic E-state index is 14.7. The van der Waals surface area contributed by atoms with Gasteiger partial charge in [-0.05, 0) is 22.8 Å². The Hall–Kier alpha value is -3.34. The topological polar surface area (TPSA) is 21.8 Å². The van der Waals surface area contributed by atoms with Crippen LogP contribution in [0.25, 0.3) is 0 Å². The van der Waals surface area contributed by atoms with Gasteiger partial charge < -0.3 is 9.47 Å². The minimum absolute atomic E-state index is 0.178. The molecular weight excluding hydrogens is 430 g/mol. The van der Waals surface area contributed by atoms with E-state index in [1.165, 1.54) is 12.1 Å². The van der Waals surface area contributed by atoms with Crippen LogP contribution in [0.1, 0.15) is 29.2 Å². The predicted molar refractivity (Wildman–Crippen MR) is 128 cm³/mol. The van der Waals surface area contributed by atoms with Crippen molar-refractivity contribution < 1.29 is 18.3 Å². The van der Waals surface area contributed by atoms with E-state index in [4.69, 9.17) is 9.47 Å². The monoisotopic (exact) mass is 456 g/mol. The van der Waals surface area contributed by atoms with Gasteiger partial charge in [-0.2, -0.15) is 0 Å². The van der Waals surface area contributed by atoms with Crippen LogP contribution in [-0.2, 0) is 20.7 Å². The van der Waals surface area contributed by atoms with E-state index in [1.807, 2.05) is 61.5 Å². The van der Waals surface area contributed by atoms with Crippen LogP contribution < -0.4 is 0 Å². The molecule has 1 saturated heterocycles. The third-order valence-corrected chi connectivity index (χ3v) is 6.73. The van der Waals surface area contributed by atoms with E-state index in [0.29, 0.717) is 18.8 Å². The zero-order valence-corrected chi connectivity index (χ0v) is 19.0. The standard InChI is InChI=1S/C30H26F2O2/c1-22(29(21-34-29)27-18-17-26(31)19-28(27)32)20-33-30(23-11-5-2-6-12-23,24-13-7-3-8-14-24)25-15-9-4-10-16-25/h2-19,22H,20-21H2,1H3/t22-,29?/m0/s1. The number of ether oxygens (including phenoxy) is 2. The lowest BCUT2D eigenvalue weighted by Crippen LogP contribution is -2.36. The van der Waals surface area contributed by atoms with Crippen LogP contribution in [0, 0.1) is 17.6 Å². The Morgan fingerprint density at radius 1 is 0.794 bits per heavy atom. The van der Waals surface area contributed by atoms with Gasteiger partial charge in [-0.3, -0.25) is 0 Å². The molecule has 0 aliphatic carbocycles. The number of halogens is 2. The summed E-state index contributed by atoms with van der Waals surface area (Å²) in [5, 5.41) is 0. The van der Waals surface area contributed by atoms with Crippen LogP contribution in [0.3, 0.4) is 0 Å². The summed E-state index contributed by atoms with van der Waals surface area (Å²) in [6.45, 7) is 2.66. The van der Waals surface area contributed by atoms with Crippen molar-refractivity contribution in [3.8, 4) is 0 Å². The molecule has 1 unspecified atom stereocenters. The normalized spacial score (nSPS) is 18.4. The first kappa shape index (κ1) is 22.5. The molecule has 1 aliphatic heterocycles. The molecule has 172 valence electrons. The molecule has 1 heterocycles. The molecular formula is C30H26F2O2. The third kappa shape index (κ3) is 3.93. The predicted octanol–water partition coefficient (Wildman–Crippen LogP) is 6.84. The summed E-state index contributed by atoms with van der Waals surface area (Å²) < 4.78 is 40.9. The Balaban J connectivity index is 1.56. The fourth-order valence-corrected chi connectivity index (χ4v) is 4.77. The van der Waals surface area contributed by atoms with Crippen molar-refractivity contribution in [1.82, 2.24) is 0 Å². The molecule has 0 amide bonds. The molecule has 0 saturated carbocycles. The lowest BCUT2D eigenvalue weighted by molar-refractivity contribution is -0.0214. The minimum Gasteiger partial charge on any atom is -0.364 e. The molecule has 0 bridgehead atoms. The van der Waals surface area contributed by atoms with Gasteiger partial charge in [0.1, 0.15) is 22.8 Å². The molecule has 1 fully saturated rings. The minimum atomic E-state index is -0.866. The van der Waals surface area contributed by atoms with Crippen molar-refractivity contribution in [3.63, 3.8) is 0 Å². The van der Waals surface area contributed by atoms with E-state index in [1.54, 1.807) is 0 Å². The fraction of sp³-hybridized carbons (Fsp3) is 0.200. The Kier molecular flexibility index (Phi) is 6.03. The molecule has 0 N–H and O–H groups in total. The maximum atomic E-state index is 14.7. The molecule has 5 rings (SSSR count). The molecule has 2 nitrogen and oxygen atoms in total. The van der Waals surface area contributed by atoms with Crippen LogP contribution >= 0.6 is 0 Å². The van der Waals surface area contributed by atoms with Gasteiger partial charge in [0.15, 0.2) is 0 Å². The summed E-state index contributed by atoms with van der Waals surface area (Å²) in [5.74, 6) is -1.37. The zero-order valence-electron chi connectivity index (χ0n) is 19.0. The summed E-state index contributed by atoms with van der Waals surface area (Å²) in [6.07, 6.45) is 0. The molecule has 4 aromatic rings. The first-order chi connectivity index (χ1) is 16.6. The summed E-state index contributed by atoms with van der Waals surface area (Å²) in [5.41, 5.74) is 1.67. The number of rotatable bonds is 8. The van der Waals surface area contributed by atoms with E-state index in [-0.39, 0.29) is 5.92 Å². The van der Waals surface area contributed by atoms with Gasteiger partial charge >= 0.3 is 0 Å². The molecule has 0 aromatic heterocycles. The van der Waals surface area contributed by atoms with Crippen molar-refractivity contribution in [2.24, 2.45) is 5.92 Å². The van der Waals surface area contributed by atoms with Crippen molar-refractivity contribution >= 4 is 0 Å². The smallest absolute Gasteiger partial charge is 0.143 e. The molecule has 2 atom stereocenters. The van der Waals surface area contributed by atoms with Crippen LogP contribution in [-0.4, -0.2) is 13.2 Å². The quantitative estimate of drug-likeness (QED) is 0.214. The highest BCUT2D eigenvalue weighted by molar-refractivity contribution is 5.47. The van der Waals surface area contributed by atoms with Crippen LogP contribution in [0.2, 0.25) is 0 Å². The van der Waals surface area contributed by atoms with Crippen molar-refractivity contribution in [2.45, 2.75) is 18.1 Å². The van der Waals surface area contributed by atoms with Crippen LogP contribution in [0.15, 0.2) is 109 Å². The second-order valence-corrected chi connectivity index (χ2v) is 8.79. The maximum Gasteiger partial charge on any atom is 0.143 e. The lowest BCUT2D eigenvalue weighted by atomic mass is 9.79. The third-order valence-electron chi connectivity index (χ3n) is 6.73. The number of benzene rings is 4. The zero-order chi connectivity index (χ0) is 23.6. The van der Waals surface area contributed by atoms with Gasteiger partial charge in [-0.1, -0.05) is 104 Å². The van der Waals surface area contributed by atoms with E-state index < -0.39 is 22.8 Å². The Morgan fingerprint density at radius 3 is 1.68 bits per heavy atom. The lowest BCUT2D eigenvalue weighted by Gasteiger charge is -2.37. The Labute approximate surface area is 198 Å². The van der Waals surface area contributed by atoms with Gasteiger partial charge in [-0.25, -0.2) is 8.78 Å². The highest BCUT2D eigenvalue weighted by atomic mass is 19.1. The summed E-state index contributed by atoms with van der Waals surface area (Å²) >= 11 is 0. The van der Waals surface area contributed by atoms with Gasteiger partial charge in [0.05, 0.1) is 13.2 Å². The second kappa shape index (κ2) is 9.13. The van der Waals surface area contributed by atoms with Crippen LogP contribution in [0.5, 0.6) is 0 Å². The largest absolute Gasteiger partial charge is 0.364 e. The molecule has 0 radical (unpaired) electrons. The Bertz CT molecular complexity index is 1140. The van der Waals surface area contributed by atoms with Gasteiger partial charge in [0.25, 0.3) is 0 Å². The summed E-state index contributed by atoms with van der Waals surface area (Å²) in [7, 11) is 0. The second-order valence-electron chi connectivity index (χ2n) is 8.79.